The monoisotopic (exact) mass is 493 g/mol. The molecule has 1 heterocycles. The third kappa shape index (κ3) is 11.6. The molecule has 0 aliphatic heterocycles. The van der Waals surface area contributed by atoms with Crippen molar-refractivity contribution in [3.05, 3.63) is 24.2 Å². The molecule has 6 nitrogen and oxygen atoms in total. The fourth-order valence-corrected chi connectivity index (χ4v) is 3.03. The zero-order valence-electron chi connectivity index (χ0n) is 16.6. The van der Waals surface area contributed by atoms with Gasteiger partial charge in [-0.3, -0.25) is 4.99 Å². The Labute approximate surface area is 180 Å². The maximum absolute atomic E-state index is 5.96. The number of rotatable bonds is 12. The summed E-state index contributed by atoms with van der Waals surface area (Å²) >= 11 is 0. The number of hydrogen-bond acceptors (Lipinski definition) is 4. The van der Waals surface area contributed by atoms with Gasteiger partial charge in [-0.2, -0.15) is 0 Å². The minimum atomic E-state index is 0. The van der Waals surface area contributed by atoms with Crippen molar-refractivity contribution in [2.75, 3.05) is 32.8 Å². The van der Waals surface area contributed by atoms with Crippen molar-refractivity contribution in [1.29, 1.82) is 0 Å². The van der Waals surface area contributed by atoms with Crippen LogP contribution >= 0.6 is 24.0 Å². The van der Waals surface area contributed by atoms with Crippen LogP contribution in [0.15, 0.2) is 27.8 Å². The van der Waals surface area contributed by atoms with E-state index in [4.69, 9.17) is 13.9 Å². The average molecular weight is 493 g/mol. The second-order valence-electron chi connectivity index (χ2n) is 6.66. The summed E-state index contributed by atoms with van der Waals surface area (Å²) in [5.41, 5.74) is 0. The van der Waals surface area contributed by atoms with E-state index in [0.717, 1.165) is 50.8 Å². The molecule has 1 aromatic rings. The van der Waals surface area contributed by atoms with E-state index in [-0.39, 0.29) is 24.0 Å². The summed E-state index contributed by atoms with van der Waals surface area (Å²) in [6.45, 7) is 6.60. The van der Waals surface area contributed by atoms with Crippen LogP contribution in [-0.4, -0.2) is 44.9 Å². The standard InChI is InChI=1S/C20H35N3O3.HI/c1-2-21-20(22-12-7-14-24-17-19-11-6-15-26-19)23-13-8-16-25-18-9-4-3-5-10-18;/h6,11,15,18H,2-5,7-10,12-14,16-17H2,1H3,(H2,21,22,23);1H. The summed E-state index contributed by atoms with van der Waals surface area (Å²) in [5, 5.41) is 6.65. The lowest BCUT2D eigenvalue weighted by atomic mass is 9.98. The van der Waals surface area contributed by atoms with Gasteiger partial charge in [-0.25, -0.2) is 0 Å². The van der Waals surface area contributed by atoms with E-state index in [1.54, 1.807) is 6.26 Å². The lowest BCUT2D eigenvalue weighted by molar-refractivity contribution is 0.0277. The predicted octanol–water partition coefficient (Wildman–Crippen LogP) is 4.10. The topological polar surface area (TPSA) is 68.0 Å². The number of guanidine groups is 1. The van der Waals surface area contributed by atoms with Crippen LogP contribution in [0, 0.1) is 0 Å². The molecule has 1 aliphatic rings. The molecule has 1 aromatic heterocycles. The molecule has 27 heavy (non-hydrogen) atoms. The summed E-state index contributed by atoms with van der Waals surface area (Å²) in [4.78, 5) is 4.59. The summed E-state index contributed by atoms with van der Waals surface area (Å²) in [6, 6.07) is 3.79. The smallest absolute Gasteiger partial charge is 0.191 e. The van der Waals surface area contributed by atoms with Gasteiger partial charge >= 0.3 is 0 Å². The Kier molecular flexibility index (Phi) is 14.5. The minimum Gasteiger partial charge on any atom is -0.467 e. The van der Waals surface area contributed by atoms with E-state index >= 15 is 0 Å². The van der Waals surface area contributed by atoms with Crippen LogP contribution in [0.1, 0.15) is 57.6 Å². The van der Waals surface area contributed by atoms with Crippen LogP contribution in [0.2, 0.25) is 0 Å². The molecule has 1 aliphatic carbocycles. The molecule has 0 aromatic carbocycles. The first-order chi connectivity index (χ1) is 12.9. The summed E-state index contributed by atoms with van der Waals surface area (Å²) in [7, 11) is 0. The first-order valence-corrected chi connectivity index (χ1v) is 10.1. The molecule has 0 radical (unpaired) electrons. The highest BCUT2D eigenvalue weighted by Gasteiger charge is 2.12. The molecular weight excluding hydrogens is 457 g/mol. The van der Waals surface area contributed by atoms with Crippen molar-refractivity contribution in [2.24, 2.45) is 4.99 Å². The predicted molar refractivity (Wildman–Crippen MR) is 120 cm³/mol. The molecule has 2 N–H and O–H groups in total. The van der Waals surface area contributed by atoms with Gasteiger partial charge in [-0.1, -0.05) is 19.3 Å². The van der Waals surface area contributed by atoms with Crippen molar-refractivity contribution in [3.63, 3.8) is 0 Å². The van der Waals surface area contributed by atoms with E-state index in [2.05, 4.69) is 22.5 Å². The van der Waals surface area contributed by atoms with Crippen LogP contribution in [-0.2, 0) is 16.1 Å². The van der Waals surface area contributed by atoms with Crippen LogP contribution in [0.3, 0.4) is 0 Å². The average Bonchev–Trinajstić information content (AvgIpc) is 3.18. The van der Waals surface area contributed by atoms with Crippen LogP contribution in [0.4, 0.5) is 0 Å². The largest absolute Gasteiger partial charge is 0.467 e. The summed E-state index contributed by atoms with van der Waals surface area (Å²) in [5.74, 6) is 1.73. The summed E-state index contributed by atoms with van der Waals surface area (Å²) < 4.78 is 16.8. The van der Waals surface area contributed by atoms with E-state index in [1.165, 1.54) is 32.1 Å². The zero-order chi connectivity index (χ0) is 18.3. The number of aliphatic imine (C=N–C) groups is 1. The van der Waals surface area contributed by atoms with Gasteiger partial charge in [0.05, 0.1) is 12.4 Å². The van der Waals surface area contributed by atoms with Gasteiger partial charge in [0.2, 0.25) is 0 Å². The molecule has 1 saturated carbocycles. The van der Waals surface area contributed by atoms with Crippen molar-refractivity contribution in [1.82, 2.24) is 10.6 Å². The third-order valence-corrected chi connectivity index (χ3v) is 4.40. The van der Waals surface area contributed by atoms with Gasteiger partial charge in [-0.15, -0.1) is 24.0 Å². The zero-order valence-corrected chi connectivity index (χ0v) is 18.9. The Morgan fingerprint density at radius 2 is 2.04 bits per heavy atom. The van der Waals surface area contributed by atoms with Gasteiger partial charge in [0, 0.05) is 32.8 Å². The number of halogens is 1. The molecule has 0 saturated heterocycles. The first-order valence-electron chi connectivity index (χ1n) is 10.1. The molecule has 156 valence electrons. The molecular formula is C20H36IN3O3. The van der Waals surface area contributed by atoms with Crippen LogP contribution < -0.4 is 10.6 Å². The Balaban J connectivity index is 0.00000364. The second-order valence-corrected chi connectivity index (χ2v) is 6.66. The number of nitrogens with one attached hydrogen (secondary N) is 2. The molecule has 0 bridgehead atoms. The lowest BCUT2D eigenvalue weighted by Crippen LogP contribution is -2.38. The number of furan rings is 1. The van der Waals surface area contributed by atoms with Crippen molar-refractivity contribution >= 4 is 29.9 Å². The Morgan fingerprint density at radius 1 is 1.19 bits per heavy atom. The number of nitrogens with zero attached hydrogens (tertiary/aromatic N) is 1. The van der Waals surface area contributed by atoms with Crippen molar-refractivity contribution in [3.8, 4) is 0 Å². The van der Waals surface area contributed by atoms with Gasteiger partial charge in [0.15, 0.2) is 5.96 Å². The first kappa shape index (κ1) is 24.2. The van der Waals surface area contributed by atoms with E-state index < -0.39 is 0 Å². The number of hydrogen-bond donors (Lipinski definition) is 2. The highest BCUT2D eigenvalue weighted by Crippen LogP contribution is 2.20. The van der Waals surface area contributed by atoms with Gasteiger partial charge in [0.25, 0.3) is 0 Å². The normalized spacial score (nSPS) is 15.4. The number of ether oxygens (including phenoxy) is 2. The highest BCUT2D eigenvalue weighted by atomic mass is 127. The minimum absolute atomic E-state index is 0. The van der Waals surface area contributed by atoms with E-state index in [0.29, 0.717) is 19.3 Å². The second kappa shape index (κ2) is 16.2. The fraction of sp³-hybridized carbons (Fsp3) is 0.750. The Hall–Kier alpha value is -0.800. The SMILES string of the molecule is CCNC(=NCCCOCc1ccco1)NCCCOC1CCCCC1.I. The lowest BCUT2D eigenvalue weighted by Gasteiger charge is -2.22. The quantitative estimate of drug-likeness (QED) is 0.199. The molecule has 0 atom stereocenters. The molecule has 7 heteroatoms. The molecule has 0 amide bonds. The molecule has 1 fully saturated rings. The van der Waals surface area contributed by atoms with Gasteiger partial charge in [-0.05, 0) is 44.7 Å². The highest BCUT2D eigenvalue weighted by molar-refractivity contribution is 14.0. The van der Waals surface area contributed by atoms with E-state index in [1.807, 2.05) is 12.1 Å². The molecule has 0 unspecified atom stereocenters. The van der Waals surface area contributed by atoms with Crippen molar-refractivity contribution < 1.29 is 13.9 Å². The Bertz CT molecular complexity index is 477. The fourth-order valence-electron chi connectivity index (χ4n) is 3.03. The maximum Gasteiger partial charge on any atom is 0.191 e. The van der Waals surface area contributed by atoms with Gasteiger partial charge < -0.3 is 24.5 Å². The van der Waals surface area contributed by atoms with Gasteiger partial charge in [0.1, 0.15) is 12.4 Å². The summed E-state index contributed by atoms with van der Waals surface area (Å²) in [6.07, 6.45) is 10.5. The Morgan fingerprint density at radius 3 is 2.78 bits per heavy atom. The maximum atomic E-state index is 5.96. The third-order valence-electron chi connectivity index (χ3n) is 4.40. The van der Waals surface area contributed by atoms with E-state index in [9.17, 15) is 0 Å². The molecule has 2 rings (SSSR count). The van der Waals surface area contributed by atoms with Crippen LogP contribution in [0.5, 0.6) is 0 Å². The van der Waals surface area contributed by atoms with Crippen LogP contribution in [0.25, 0.3) is 0 Å². The molecule has 0 spiro atoms. The van der Waals surface area contributed by atoms with Crippen molar-refractivity contribution in [2.45, 2.75) is 64.6 Å².